The molecule has 6 rings (SSSR count). The topological polar surface area (TPSA) is 130 Å². The highest BCUT2D eigenvalue weighted by Gasteiger charge is 2.32. The summed E-state index contributed by atoms with van der Waals surface area (Å²) in [5, 5.41) is 14.8. The second kappa shape index (κ2) is 11.8. The fourth-order valence-corrected chi connectivity index (χ4v) is 4.97. The number of rotatable bonds is 10. The summed E-state index contributed by atoms with van der Waals surface area (Å²) in [6.07, 6.45) is 4.55. The van der Waals surface area contributed by atoms with E-state index in [4.69, 9.17) is 24.0 Å². The third-order valence-corrected chi connectivity index (χ3v) is 6.92. The van der Waals surface area contributed by atoms with Gasteiger partial charge in [0.05, 0.1) is 31.6 Å². The van der Waals surface area contributed by atoms with Crippen molar-refractivity contribution in [2.75, 3.05) is 56.2 Å². The van der Waals surface area contributed by atoms with Gasteiger partial charge in [0.2, 0.25) is 11.8 Å². The molecule has 12 heteroatoms. The molecule has 0 amide bonds. The van der Waals surface area contributed by atoms with Gasteiger partial charge in [-0.05, 0) is 38.3 Å². The minimum atomic E-state index is -0.0352. The van der Waals surface area contributed by atoms with Crippen LogP contribution in [-0.2, 0) is 4.74 Å². The third-order valence-electron chi connectivity index (χ3n) is 6.92. The SMILES string of the molecule is Cc1cc(Nc2cc(OCCCN3CCOCC3)nc(N3CCC[C@H]3c3cc(-c4ccccn4)no3)n2)n[nH]1. The third kappa shape index (κ3) is 6.18. The molecule has 4 aromatic rings. The van der Waals surface area contributed by atoms with Gasteiger partial charge in [-0.25, -0.2) is 0 Å². The zero-order valence-corrected chi connectivity index (χ0v) is 22.0. The average Bonchev–Trinajstić information content (AvgIpc) is 3.73. The van der Waals surface area contributed by atoms with Crippen LogP contribution in [0.4, 0.5) is 17.6 Å². The summed E-state index contributed by atoms with van der Waals surface area (Å²) in [5.74, 6) is 3.17. The Bertz CT molecular complexity index is 1350. The molecule has 1 atom stereocenters. The smallest absolute Gasteiger partial charge is 0.231 e. The predicted octanol–water partition coefficient (Wildman–Crippen LogP) is 3.74. The van der Waals surface area contributed by atoms with E-state index in [0.717, 1.165) is 75.8 Å². The lowest BCUT2D eigenvalue weighted by Gasteiger charge is -2.26. The molecule has 0 aromatic carbocycles. The number of aromatic nitrogens is 6. The van der Waals surface area contributed by atoms with Crippen molar-refractivity contribution in [1.82, 2.24) is 35.2 Å². The Morgan fingerprint density at radius 2 is 2.00 bits per heavy atom. The van der Waals surface area contributed by atoms with Crippen molar-refractivity contribution in [3.63, 3.8) is 0 Å². The fourth-order valence-electron chi connectivity index (χ4n) is 4.97. The maximum absolute atomic E-state index is 6.14. The molecule has 0 bridgehead atoms. The Labute approximate surface area is 226 Å². The van der Waals surface area contributed by atoms with Gasteiger partial charge >= 0.3 is 0 Å². The molecule has 0 saturated carbocycles. The maximum atomic E-state index is 6.14. The Morgan fingerprint density at radius 1 is 1.08 bits per heavy atom. The number of aromatic amines is 1. The summed E-state index contributed by atoms with van der Waals surface area (Å²) in [6, 6.07) is 11.4. The Hall–Kier alpha value is -4.03. The van der Waals surface area contributed by atoms with Gasteiger partial charge in [-0.1, -0.05) is 11.2 Å². The number of aryl methyl sites for hydroxylation is 1. The van der Waals surface area contributed by atoms with Crippen LogP contribution in [-0.4, -0.2) is 81.2 Å². The summed E-state index contributed by atoms with van der Waals surface area (Å²) in [7, 11) is 0. The molecule has 204 valence electrons. The number of H-pyrrole nitrogens is 1. The highest BCUT2D eigenvalue weighted by molar-refractivity contribution is 5.57. The second-order valence-corrected chi connectivity index (χ2v) is 9.79. The predicted molar refractivity (Wildman–Crippen MR) is 145 cm³/mol. The van der Waals surface area contributed by atoms with Crippen LogP contribution >= 0.6 is 0 Å². The number of morpholine rings is 1. The van der Waals surface area contributed by atoms with Crippen LogP contribution < -0.4 is 15.0 Å². The van der Waals surface area contributed by atoms with Gasteiger partial charge in [0.1, 0.15) is 11.5 Å². The molecule has 0 aliphatic carbocycles. The molecule has 4 aromatic heterocycles. The quantitative estimate of drug-likeness (QED) is 0.290. The van der Waals surface area contributed by atoms with E-state index in [2.05, 4.69) is 35.5 Å². The molecule has 0 radical (unpaired) electrons. The highest BCUT2D eigenvalue weighted by Crippen LogP contribution is 2.37. The number of nitrogens with zero attached hydrogens (tertiary/aromatic N) is 7. The highest BCUT2D eigenvalue weighted by atomic mass is 16.5. The van der Waals surface area contributed by atoms with Crippen LogP contribution in [0, 0.1) is 6.92 Å². The molecule has 0 spiro atoms. The summed E-state index contributed by atoms with van der Waals surface area (Å²) in [6.45, 7) is 7.81. The minimum Gasteiger partial charge on any atom is -0.477 e. The van der Waals surface area contributed by atoms with E-state index in [-0.39, 0.29) is 6.04 Å². The van der Waals surface area contributed by atoms with E-state index >= 15 is 0 Å². The first-order chi connectivity index (χ1) is 19.2. The molecule has 6 heterocycles. The number of nitrogens with one attached hydrogen (secondary N) is 2. The number of hydrogen-bond donors (Lipinski definition) is 2. The lowest BCUT2D eigenvalue weighted by atomic mass is 10.1. The molecular formula is C27H33N9O3. The van der Waals surface area contributed by atoms with Crippen molar-refractivity contribution < 1.29 is 14.0 Å². The van der Waals surface area contributed by atoms with E-state index < -0.39 is 0 Å². The average molecular weight is 532 g/mol. The van der Waals surface area contributed by atoms with Gasteiger partial charge in [-0.15, -0.1) is 0 Å². The molecule has 2 aliphatic heterocycles. The summed E-state index contributed by atoms with van der Waals surface area (Å²) in [4.78, 5) is 18.6. The standard InChI is InChI=1S/C27H33N9O3/c1-19-16-25(33-32-19)29-24-18-26(38-13-5-9-35-11-14-37-15-12-35)31-27(30-24)36-10-4-7-22(36)23-17-21(34-39-23)20-6-2-3-8-28-20/h2-3,6,8,16-18,22H,4-5,7,9-15H2,1H3,(H2,29,30,31,32,33)/t22-/m0/s1. The van der Waals surface area contributed by atoms with Crippen LogP contribution in [0.15, 0.2) is 47.1 Å². The van der Waals surface area contributed by atoms with Crippen molar-refractivity contribution in [1.29, 1.82) is 0 Å². The fraction of sp³-hybridized carbons (Fsp3) is 0.444. The van der Waals surface area contributed by atoms with Crippen LogP contribution in [0.1, 0.15) is 36.8 Å². The van der Waals surface area contributed by atoms with E-state index in [9.17, 15) is 0 Å². The summed E-state index contributed by atoms with van der Waals surface area (Å²) >= 11 is 0. The molecular weight excluding hydrogens is 498 g/mol. The number of ether oxygens (including phenoxy) is 2. The maximum Gasteiger partial charge on any atom is 0.231 e. The molecule has 2 N–H and O–H groups in total. The normalized spacial score (nSPS) is 18.0. The van der Waals surface area contributed by atoms with E-state index in [1.807, 2.05) is 43.3 Å². The van der Waals surface area contributed by atoms with Crippen molar-refractivity contribution in [2.45, 2.75) is 32.2 Å². The van der Waals surface area contributed by atoms with Crippen molar-refractivity contribution >= 4 is 17.6 Å². The zero-order valence-electron chi connectivity index (χ0n) is 22.0. The minimum absolute atomic E-state index is 0.0352. The molecule has 2 aliphatic rings. The number of anilines is 3. The van der Waals surface area contributed by atoms with Crippen LogP contribution in [0.3, 0.4) is 0 Å². The molecule has 39 heavy (non-hydrogen) atoms. The van der Waals surface area contributed by atoms with Gasteiger partial charge in [0.25, 0.3) is 0 Å². The number of pyridine rings is 1. The van der Waals surface area contributed by atoms with Crippen LogP contribution in [0.2, 0.25) is 0 Å². The Kier molecular flexibility index (Phi) is 7.63. The first kappa shape index (κ1) is 25.3. The number of hydrogen-bond acceptors (Lipinski definition) is 11. The first-order valence-electron chi connectivity index (χ1n) is 13.5. The molecule has 2 saturated heterocycles. The second-order valence-electron chi connectivity index (χ2n) is 9.79. The Balaban J connectivity index is 1.20. The summed E-state index contributed by atoms with van der Waals surface area (Å²) in [5.41, 5.74) is 2.45. The summed E-state index contributed by atoms with van der Waals surface area (Å²) < 4.78 is 17.4. The van der Waals surface area contributed by atoms with Gasteiger partial charge in [0.15, 0.2) is 11.6 Å². The monoisotopic (exact) mass is 531 g/mol. The first-order valence-corrected chi connectivity index (χ1v) is 13.5. The van der Waals surface area contributed by atoms with Crippen molar-refractivity contribution in [2.24, 2.45) is 0 Å². The van der Waals surface area contributed by atoms with E-state index in [1.165, 1.54) is 0 Å². The molecule has 2 fully saturated rings. The largest absolute Gasteiger partial charge is 0.477 e. The lowest BCUT2D eigenvalue weighted by molar-refractivity contribution is 0.0357. The molecule has 0 unspecified atom stereocenters. The molecule has 12 nitrogen and oxygen atoms in total. The van der Waals surface area contributed by atoms with Crippen LogP contribution in [0.25, 0.3) is 11.4 Å². The van der Waals surface area contributed by atoms with E-state index in [1.54, 1.807) is 6.20 Å². The van der Waals surface area contributed by atoms with Crippen molar-refractivity contribution in [3.8, 4) is 17.3 Å². The van der Waals surface area contributed by atoms with Gasteiger partial charge in [-0.2, -0.15) is 15.1 Å². The Morgan fingerprint density at radius 3 is 2.82 bits per heavy atom. The van der Waals surface area contributed by atoms with Crippen molar-refractivity contribution in [3.05, 3.63) is 54.0 Å². The zero-order chi connectivity index (χ0) is 26.4. The van der Waals surface area contributed by atoms with Crippen LogP contribution in [0.5, 0.6) is 5.88 Å². The lowest BCUT2D eigenvalue weighted by Crippen LogP contribution is -2.37. The van der Waals surface area contributed by atoms with Gasteiger partial charge < -0.3 is 24.2 Å². The van der Waals surface area contributed by atoms with Gasteiger partial charge in [0, 0.05) is 56.3 Å². The van der Waals surface area contributed by atoms with E-state index in [0.29, 0.717) is 35.8 Å². The van der Waals surface area contributed by atoms with Gasteiger partial charge in [-0.3, -0.25) is 15.0 Å².